The van der Waals surface area contributed by atoms with Crippen molar-refractivity contribution >= 4 is 23.6 Å². The molecule has 2 amide bonds. The van der Waals surface area contributed by atoms with Crippen molar-refractivity contribution in [1.82, 2.24) is 4.90 Å². The van der Waals surface area contributed by atoms with Crippen molar-refractivity contribution < 1.29 is 52.3 Å². The second-order valence-corrected chi connectivity index (χ2v) is 11.9. The van der Waals surface area contributed by atoms with Crippen LogP contribution in [0.2, 0.25) is 5.02 Å². The highest BCUT2D eigenvalue weighted by Crippen LogP contribution is 2.27. The van der Waals surface area contributed by atoms with Crippen LogP contribution < -0.4 is 38.0 Å². The molecule has 0 aliphatic carbocycles. The van der Waals surface area contributed by atoms with E-state index in [2.05, 4.69) is 6.92 Å². The van der Waals surface area contributed by atoms with Crippen molar-refractivity contribution in [3.05, 3.63) is 88.7 Å². The molecule has 1 heterocycles. The zero-order valence-corrected chi connectivity index (χ0v) is 30.6. The summed E-state index contributed by atoms with van der Waals surface area (Å²) in [5, 5.41) is 0.460. The molecule has 0 atom stereocenters. The van der Waals surface area contributed by atoms with Crippen LogP contribution in [0.25, 0.3) is 0 Å². The maximum atomic E-state index is 13.5. The van der Waals surface area contributed by atoms with Crippen LogP contribution in [0.3, 0.4) is 0 Å². The Hall–Kier alpha value is -2.85. The first-order valence-electron chi connectivity index (χ1n) is 16.4. The van der Waals surface area contributed by atoms with Crippen LogP contribution in [0.1, 0.15) is 105 Å². The summed E-state index contributed by atoms with van der Waals surface area (Å²) in [7, 11) is 3.39. The summed E-state index contributed by atoms with van der Waals surface area (Å²) in [6.07, 6.45) is 18.5. The highest BCUT2D eigenvalue weighted by Gasteiger charge is 2.27. The zero-order chi connectivity index (χ0) is 32.3. The summed E-state index contributed by atoms with van der Waals surface area (Å²) < 4.78 is 18.8. The van der Waals surface area contributed by atoms with Gasteiger partial charge >= 0.3 is 6.09 Å². The molecule has 0 spiro atoms. The topological polar surface area (TPSA) is 69.0 Å². The molecule has 7 nitrogen and oxygen atoms in total. The van der Waals surface area contributed by atoms with Crippen molar-refractivity contribution in [1.29, 1.82) is 0 Å². The minimum atomic E-state index is -0.762. The third kappa shape index (κ3) is 13.9. The Kier molecular flexibility index (Phi) is 19.4. The van der Waals surface area contributed by atoms with Crippen molar-refractivity contribution in [3.63, 3.8) is 0 Å². The van der Waals surface area contributed by atoms with Crippen molar-refractivity contribution in [2.24, 2.45) is 7.05 Å². The highest BCUT2D eigenvalue weighted by molar-refractivity contribution is 6.32. The van der Waals surface area contributed by atoms with Crippen LogP contribution in [0.5, 0.6) is 11.5 Å². The number of aromatic nitrogens is 1. The molecule has 3 rings (SSSR count). The molecule has 252 valence electrons. The van der Waals surface area contributed by atoms with Gasteiger partial charge in [-0.2, -0.15) is 0 Å². The largest absolute Gasteiger partial charge is 1.00 e. The van der Waals surface area contributed by atoms with Crippen LogP contribution in [0.15, 0.2) is 67.0 Å². The number of hydrogen-bond donors (Lipinski definition) is 0. The zero-order valence-electron chi connectivity index (χ0n) is 27.6. The molecule has 0 bridgehead atoms. The first-order valence-corrected chi connectivity index (χ1v) is 16.8. The molecule has 2 aromatic carbocycles. The minimum Gasteiger partial charge on any atom is -1.00 e. The van der Waals surface area contributed by atoms with Gasteiger partial charge in [-0.25, -0.2) is 14.3 Å². The van der Waals surface area contributed by atoms with E-state index in [0.717, 1.165) is 23.3 Å². The second kappa shape index (κ2) is 22.6. The summed E-state index contributed by atoms with van der Waals surface area (Å²) in [4.78, 5) is 27.9. The number of pyridine rings is 1. The number of imide groups is 1. The Bertz CT molecular complexity index is 1320. The Morgan fingerprint density at radius 2 is 1.39 bits per heavy atom. The molecular formula is C37H50ClIN2O5. The monoisotopic (exact) mass is 764 g/mol. The summed E-state index contributed by atoms with van der Waals surface area (Å²) in [6, 6.07) is 15.9. The lowest BCUT2D eigenvalue weighted by Gasteiger charge is -2.21. The number of unbranched alkanes of at least 4 members (excludes halogenated alkanes) is 11. The molecule has 0 aliphatic heterocycles. The number of nitrogens with zero attached hydrogens (tertiary/aromatic N) is 2. The molecule has 1 aromatic heterocycles. The van der Waals surface area contributed by atoms with Crippen LogP contribution in [0.4, 0.5) is 4.79 Å². The fraction of sp³-hybridized carbons (Fsp3) is 0.486. The van der Waals surface area contributed by atoms with E-state index in [1.807, 2.05) is 42.2 Å². The van der Waals surface area contributed by atoms with Gasteiger partial charge in [-0.15, -0.1) is 0 Å². The van der Waals surface area contributed by atoms with E-state index in [1.54, 1.807) is 36.4 Å². The van der Waals surface area contributed by atoms with Gasteiger partial charge in [0.25, 0.3) is 5.91 Å². The fourth-order valence-electron chi connectivity index (χ4n) is 5.11. The SMILES string of the molecule is CCCCCCCCCCCCCCOc1ccc(COC(=O)N(Cc2cc[n+](C)cc2)C(=O)c2ccccc2OC)cc1Cl.[I-]. The van der Waals surface area contributed by atoms with Gasteiger partial charge in [-0.05, 0) is 41.8 Å². The number of halogens is 2. The number of benzene rings is 2. The lowest BCUT2D eigenvalue weighted by atomic mass is 10.1. The summed E-state index contributed by atoms with van der Waals surface area (Å²) in [5.41, 5.74) is 1.75. The van der Waals surface area contributed by atoms with Crippen molar-refractivity contribution in [3.8, 4) is 11.5 Å². The molecular weight excluding hydrogens is 715 g/mol. The van der Waals surface area contributed by atoms with Gasteiger partial charge in [-0.3, -0.25) is 4.79 Å². The first kappa shape index (κ1) is 39.3. The van der Waals surface area contributed by atoms with Gasteiger partial charge in [0.2, 0.25) is 0 Å². The van der Waals surface area contributed by atoms with E-state index in [1.165, 1.54) is 71.3 Å². The van der Waals surface area contributed by atoms with E-state index >= 15 is 0 Å². The second-order valence-electron chi connectivity index (χ2n) is 11.5. The summed E-state index contributed by atoms with van der Waals surface area (Å²) in [6.45, 7) is 2.87. The van der Waals surface area contributed by atoms with Crippen LogP contribution in [-0.2, 0) is 24.9 Å². The predicted octanol–water partition coefficient (Wildman–Crippen LogP) is 6.24. The number of carbonyl (C=O) groups is 2. The lowest BCUT2D eigenvalue weighted by molar-refractivity contribution is -0.671. The number of methoxy groups -OCH3 is 1. The molecule has 3 aromatic rings. The third-order valence-corrected chi connectivity index (χ3v) is 8.10. The van der Waals surface area contributed by atoms with E-state index < -0.39 is 12.0 Å². The average Bonchev–Trinajstić information content (AvgIpc) is 3.05. The highest BCUT2D eigenvalue weighted by atomic mass is 127. The molecule has 0 fully saturated rings. The van der Waals surface area contributed by atoms with E-state index in [-0.39, 0.29) is 42.7 Å². The van der Waals surface area contributed by atoms with Crippen LogP contribution in [-0.4, -0.2) is 30.6 Å². The lowest BCUT2D eigenvalue weighted by Crippen LogP contribution is -3.00. The Morgan fingerprint density at radius 1 is 0.783 bits per heavy atom. The minimum absolute atomic E-state index is 0. The van der Waals surface area contributed by atoms with Gasteiger partial charge in [0.15, 0.2) is 12.4 Å². The number of aryl methyl sites for hydroxylation is 1. The molecule has 0 N–H and O–H groups in total. The summed E-state index contributed by atoms with van der Waals surface area (Å²) in [5.74, 6) is 0.482. The molecule has 0 radical (unpaired) electrons. The van der Waals surface area contributed by atoms with Crippen LogP contribution in [0, 0.1) is 0 Å². The number of para-hydroxylation sites is 1. The van der Waals surface area contributed by atoms with Gasteiger partial charge in [0.05, 0.1) is 30.8 Å². The van der Waals surface area contributed by atoms with Gasteiger partial charge in [0.1, 0.15) is 25.2 Å². The quantitative estimate of drug-likeness (QED) is 0.0776. The third-order valence-electron chi connectivity index (χ3n) is 7.81. The van der Waals surface area contributed by atoms with Crippen molar-refractivity contribution in [2.75, 3.05) is 13.7 Å². The van der Waals surface area contributed by atoms with E-state index in [4.69, 9.17) is 25.8 Å². The molecule has 0 saturated carbocycles. The Labute approximate surface area is 297 Å². The van der Waals surface area contributed by atoms with Crippen LogP contribution >= 0.6 is 11.6 Å². The Balaban J connectivity index is 0.00000736. The predicted molar refractivity (Wildman–Crippen MR) is 179 cm³/mol. The molecule has 0 aliphatic rings. The fourth-order valence-corrected chi connectivity index (χ4v) is 5.36. The van der Waals surface area contributed by atoms with Gasteiger partial charge in [-0.1, -0.05) is 107 Å². The molecule has 0 saturated heterocycles. The van der Waals surface area contributed by atoms with Gasteiger partial charge < -0.3 is 38.2 Å². The van der Waals surface area contributed by atoms with E-state index in [9.17, 15) is 9.59 Å². The standard InChI is InChI=1S/C37H50ClN2O5.HI/c1-4-5-6-7-8-9-10-11-12-13-14-17-26-44-35-21-20-31(27-33(35)38)29-45-37(42)40(28-30-22-24-39(2)25-23-30)36(41)32-18-15-16-19-34(32)43-3;/h15-16,18-25,27H,4-14,17,26,28-29H2,1-3H3;1H/q+1;/p-1. The van der Waals surface area contributed by atoms with E-state index in [0.29, 0.717) is 28.7 Å². The number of amides is 2. The molecule has 0 unspecified atom stereocenters. The Morgan fingerprint density at radius 3 is 2.00 bits per heavy atom. The summed E-state index contributed by atoms with van der Waals surface area (Å²) >= 11 is 6.50. The number of carbonyl (C=O) groups excluding carboxylic acids is 2. The normalized spacial score (nSPS) is 10.6. The maximum absolute atomic E-state index is 13.5. The number of rotatable bonds is 20. The maximum Gasteiger partial charge on any atom is 0.417 e. The molecule has 9 heteroatoms. The average molecular weight is 765 g/mol. The smallest absolute Gasteiger partial charge is 0.417 e. The van der Waals surface area contributed by atoms with Crippen molar-refractivity contribution in [2.45, 2.75) is 97.1 Å². The number of ether oxygens (including phenoxy) is 3. The first-order chi connectivity index (χ1) is 21.9. The number of hydrogen-bond acceptors (Lipinski definition) is 5. The molecule has 46 heavy (non-hydrogen) atoms. The van der Waals surface area contributed by atoms with Gasteiger partial charge in [0, 0.05) is 12.1 Å².